The summed E-state index contributed by atoms with van der Waals surface area (Å²) < 4.78 is 16.0. The molecule has 0 saturated carbocycles. The smallest absolute Gasteiger partial charge is 0.264 e. The molecular formula is C20H23N5O5. The average Bonchev–Trinajstić information content (AvgIpc) is 2.80. The topological polar surface area (TPSA) is 127 Å². The van der Waals surface area contributed by atoms with Crippen LogP contribution in [0.2, 0.25) is 0 Å². The molecule has 1 amide bonds. The number of hydrogen-bond acceptors (Lipinski definition) is 9. The maximum atomic E-state index is 11.4. The highest BCUT2D eigenvalue weighted by Gasteiger charge is 2.13. The van der Waals surface area contributed by atoms with Crippen molar-refractivity contribution in [3.05, 3.63) is 42.0 Å². The minimum absolute atomic E-state index is 0.311. The summed E-state index contributed by atoms with van der Waals surface area (Å²) in [5.41, 5.74) is 6.53. The molecule has 0 spiro atoms. The Bertz CT molecular complexity index is 1040. The third-order valence-electron chi connectivity index (χ3n) is 4.30. The van der Waals surface area contributed by atoms with Crippen LogP contribution in [0.1, 0.15) is 5.56 Å². The molecule has 0 aliphatic heterocycles. The minimum Gasteiger partial charge on any atom is -0.497 e. The molecule has 10 heteroatoms. The Morgan fingerprint density at radius 3 is 2.53 bits per heavy atom. The van der Waals surface area contributed by atoms with Crippen LogP contribution in [0, 0.1) is 0 Å². The summed E-state index contributed by atoms with van der Waals surface area (Å²) in [6, 6.07) is 10.9. The zero-order valence-electron chi connectivity index (χ0n) is 16.9. The maximum absolute atomic E-state index is 11.4. The number of benzene rings is 2. The molecule has 4 N–H and O–H groups in total. The number of aliphatic hydroxyl groups excluding tert-OH is 1. The number of anilines is 2. The molecular weight excluding hydrogens is 390 g/mol. The van der Waals surface area contributed by atoms with Gasteiger partial charge in [0.2, 0.25) is 5.95 Å². The Morgan fingerprint density at radius 1 is 1.03 bits per heavy atom. The van der Waals surface area contributed by atoms with E-state index < -0.39 is 12.5 Å². The van der Waals surface area contributed by atoms with Gasteiger partial charge in [0.05, 0.1) is 21.3 Å². The monoisotopic (exact) mass is 413 g/mol. The number of para-hydroxylation sites is 1. The van der Waals surface area contributed by atoms with E-state index in [0.717, 1.165) is 5.56 Å². The first-order valence-electron chi connectivity index (χ1n) is 9.04. The summed E-state index contributed by atoms with van der Waals surface area (Å²) >= 11 is 0. The Morgan fingerprint density at radius 2 is 1.83 bits per heavy atom. The number of fused-ring (bicyclic) bond motifs is 1. The van der Waals surface area contributed by atoms with Gasteiger partial charge in [0.25, 0.3) is 5.91 Å². The van der Waals surface area contributed by atoms with Gasteiger partial charge in [-0.2, -0.15) is 4.98 Å². The second-order valence-electron chi connectivity index (χ2n) is 6.11. The second kappa shape index (κ2) is 9.61. The second-order valence-corrected chi connectivity index (χ2v) is 6.11. The zero-order chi connectivity index (χ0) is 21.5. The van der Waals surface area contributed by atoms with Crippen LogP contribution in [0.15, 0.2) is 36.4 Å². The number of nitrogens with zero attached hydrogens (tertiary/aromatic N) is 2. The Kier molecular flexibility index (Phi) is 6.71. The summed E-state index contributed by atoms with van der Waals surface area (Å²) in [7, 11) is 4.72. The van der Waals surface area contributed by atoms with Crippen molar-refractivity contribution < 1.29 is 24.1 Å². The molecule has 0 aliphatic rings. The van der Waals surface area contributed by atoms with Gasteiger partial charge in [0, 0.05) is 23.6 Å². The van der Waals surface area contributed by atoms with Gasteiger partial charge in [-0.25, -0.2) is 4.98 Å². The number of aromatic nitrogens is 2. The third kappa shape index (κ3) is 4.61. The number of hydrogen-bond donors (Lipinski definition) is 4. The molecule has 1 heterocycles. The van der Waals surface area contributed by atoms with Crippen molar-refractivity contribution in [2.24, 2.45) is 0 Å². The van der Waals surface area contributed by atoms with Crippen LogP contribution in [0.4, 0.5) is 11.8 Å². The fourth-order valence-corrected chi connectivity index (χ4v) is 2.81. The van der Waals surface area contributed by atoms with Crippen LogP contribution in [-0.4, -0.2) is 48.9 Å². The number of amides is 1. The van der Waals surface area contributed by atoms with E-state index in [4.69, 9.17) is 19.3 Å². The molecule has 0 saturated heterocycles. The number of hydrazine groups is 1. The Balaban J connectivity index is 1.92. The van der Waals surface area contributed by atoms with Crippen LogP contribution in [0.3, 0.4) is 0 Å². The van der Waals surface area contributed by atoms with Crippen molar-refractivity contribution in [3.8, 4) is 17.2 Å². The largest absolute Gasteiger partial charge is 0.497 e. The number of methoxy groups -OCH3 is 3. The molecule has 158 valence electrons. The number of aliphatic hydroxyl groups is 1. The van der Waals surface area contributed by atoms with Crippen LogP contribution in [-0.2, 0) is 11.3 Å². The van der Waals surface area contributed by atoms with Gasteiger partial charge in [0.15, 0.2) is 5.82 Å². The van der Waals surface area contributed by atoms with Gasteiger partial charge < -0.3 is 24.6 Å². The SMILES string of the molecule is COc1ccc(CNc2nc(NNC(=O)CO)c3cccc(OC)c3n2)c(OC)c1. The maximum Gasteiger partial charge on any atom is 0.264 e. The van der Waals surface area contributed by atoms with Gasteiger partial charge in [0.1, 0.15) is 29.4 Å². The number of carbonyl (C=O) groups is 1. The van der Waals surface area contributed by atoms with E-state index in [2.05, 4.69) is 26.1 Å². The first-order chi connectivity index (χ1) is 14.6. The third-order valence-corrected chi connectivity index (χ3v) is 4.30. The summed E-state index contributed by atoms with van der Waals surface area (Å²) in [5, 5.41) is 12.7. The molecule has 0 atom stereocenters. The van der Waals surface area contributed by atoms with Crippen LogP contribution in [0.25, 0.3) is 10.9 Å². The normalized spacial score (nSPS) is 10.4. The summed E-state index contributed by atoms with van der Waals surface area (Å²) in [5.74, 6) is 1.97. The fourth-order valence-electron chi connectivity index (χ4n) is 2.81. The van der Waals surface area contributed by atoms with E-state index in [1.54, 1.807) is 45.6 Å². The minimum atomic E-state index is -0.651. The highest BCUT2D eigenvalue weighted by molar-refractivity contribution is 5.94. The molecule has 3 rings (SSSR count). The van der Waals surface area contributed by atoms with Crippen molar-refractivity contribution in [3.63, 3.8) is 0 Å². The van der Waals surface area contributed by atoms with Gasteiger partial charge in [-0.3, -0.25) is 15.6 Å². The molecule has 0 aliphatic carbocycles. The van der Waals surface area contributed by atoms with E-state index in [1.165, 1.54) is 0 Å². The molecule has 0 bridgehead atoms. The summed E-state index contributed by atoms with van der Waals surface area (Å²) in [6.07, 6.45) is 0. The van der Waals surface area contributed by atoms with Crippen molar-refractivity contribution in [2.75, 3.05) is 38.7 Å². The van der Waals surface area contributed by atoms with Crippen molar-refractivity contribution >= 4 is 28.6 Å². The lowest BCUT2D eigenvalue weighted by atomic mass is 10.2. The molecule has 30 heavy (non-hydrogen) atoms. The predicted molar refractivity (Wildman–Crippen MR) is 112 cm³/mol. The lowest BCUT2D eigenvalue weighted by Gasteiger charge is -2.15. The molecule has 1 aromatic heterocycles. The van der Waals surface area contributed by atoms with Crippen molar-refractivity contribution in [2.45, 2.75) is 6.54 Å². The van der Waals surface area contributed by atoms with E-state index in [9.17, 15) is 4.79 Å². The van der Waals surface area contributed by atoms with E-state index in [1.807, 2.05) is 12.1 Å². The lowest BCUT2D eigenvalue weighted by Crippen LogP contribution is -2.32. The highest BCUT2D eigenvalue weighted by atomic mass is 16.5. The number of ether oxygens (including phenoxy) is 3. The van der Waals surface area contributed by atoms with Crippen molar-refractivity contribution in [1.29, 1.82) is 0 Å². The molecule has 2 aromatic carbocycles. The van der Waals surface area contributed by atoms with Crippen LogP contribution in [0.5, 0.6) is 17.2 Å². The number of rotatable bonds is 9. The fraction of sp³-hybridized carbons (Fsp3) is 0.250. The molecule has 0 radical (unpaired) electrons. The summed E-state index contributed by atoms with van der Waals surface area (Å²) in [6.45, 7) is -0.266. The molecule has 0 unspecified atom stereocenters. The standard InChI is InChI=1S/C20H23N5O5/c1-28-13-8-7-12(16(9-13)30-3)10-21-20-22-18-14(5-4-6-15(18)29-2)19(23-20)25-24-17(27)11-26/h4-9,26H,10-11H2,1-3H3,(H,24,27)(H2,21,22,23,25). The lowest BCUT2D eigenvalue weighted by molar-refractivity contribution is -0.123. The molecule has 10 nitrogen and oxygen atoms in total. The Hall–Kier alpha value is -3.79. The van der Waals surface area contributed by atoms with E-state index in [0.29, 0.717) is 46.5 Å². The van der Waals surface area contributed by atoms with Crippen molar-refractivity contribution in [1.82, 2.24) is 15.4 Å². The average molecular weight is 413 g/mol. The number of carbonyl (C=O) groups excluding carboxylic acids is 1. The predicted octanol–water partition coefficient (Wildman–Crippen LogP) is 1.70. The molecule has 0 fully saturated rings. The quantitative estimate of drug-likeness (QED) is 0.388. The Labute approximate surface area is 173 Å². The molecule has 3 aromatic rings. The van der Waals surface area contributed by atoms with Gasteiger partial charge >= 0.3 is 0 Å². The summed E-state index contributed by atoms with van der Waals surface area (Å²) in [4.78, 5) is 20.4. The van der Waals surface area contributed by atoms with Gasteiger partial charge in [-0.1, -0.05) is 6.07 Å². The van der Waals surface area contributed by atoms with Gasteiger partial charge in [-0.15, -0.1) is 0 Å². The number of nitrogens with one attached hydrogen (secondary N) is 3. The first-order valence-corrected chi connectivity index (χ1v) is 9.04. The van der Waals surface area contributed by atoms with E-state index in [-0.39, 0.29) is 0 Å². The zero-order valence-corrected chi connectivity index (χ0v) is 16.9. The van der Waals surface area contributed by atoms with E-state index >= 15 is 0 Å². The highest BCUT2D eigenvalue weighted by Crippen LogP contribution is 2.30. The first kappa shape index (κ1) is 20.9. The van der Waals surface area contributed by atoms with Crippen LogP contribution >= 0.6 is 0 Å². The van der Waals surface area contributed by atoms with Crippen LogP contribution < -0.4 is 30.4 Å². The van der Waals surface area contributed by atoms with Gasteiger partial charge in [-0.05, 0) is 24.3 Å².